The molecule has 2 unspecified atom stereocenters. The van der Waals surface area contributed by atoms with E-state index in [2.05, 4.69) is 121 Å². The van der Waals surface area contributed by atoms with Gasteiger partial charge in [-0.15, -0.1) is 0 Å². The van der Waals surface area contributed by atoms with Crippen LogP contribution in [0.3, 0.4) is 0 Å². The van der Waals surface area contributed by atoms with Gasteiger partial charge < -0.3 is 9.47 Å². The molecule has 4 aromatic carbocycles. The Labute approximate surface area is 218 Å². The van der Waals surface area contributed by atoms with E-state index in [1.54, 1.807) is 0 Å². The first kappa shape index (κ1) is 25.1. The Morgan fingerprint density at radius 2 is 1.09 bits per heavy atom. The van der Waals surface area contributed by atoms with E-state index in [9.17, 15) is 0 Å². The molecule has 0 N–H and O–H groups in total. The van der Waals surface area contributed by atoms with E-state index in [0.717, 1.165) is 11.5 Å². The van der Waals surface area contributed by atoms with Crippen LogP contribution in [0.25, 0.3) is 22.3 Å². The van der Waals surface area contributed by atoms with Crippen molar-refractivity contribution in [2.45, 2.75) is 38.4 Å². The number of ether oxygens (including phenoxy) is 2. The third kappa shape index (κ3) is 5.62. The fourth-order valence-corrected chi connectivity index (χ4v) is 5.27. The van der Waals surface area contributed by atoms with Crippen LogP contribution in [0.5, 0.6) is 11.5 Å². The third-order valence-corrected chi connectivity index (χ3v) is 6.84. The summed E-state index contributed by atoms with van der Waals surface area (Å²) in [6.45, 7) is 9.88. The van der Waals surface area contributed by atoms with Gasteiger partial charge in [0.05, 0.1) is 13.2 Å². The van der Waals surface area contributed by atoms with E-state index < -0.39 is 0 Å². The number of hydrogen-bond donors (Lipinski definition) is 0. The van der Waals surface area contributed by atoms with Gasteiger partial charge >= 0.3 is 0 Å². The molecule has 35 heavy (non-hydrogen) atoms. The lowest BCUT2D eigenvalue weighted by molar-refractivity contribution is 0.340. The highest BCUT2D eigenvalue weighted by Crippen LogP contribution is 2.42. The van der Waals surface area contributed by atoms with Crippen molar-refractivity contribution >= 4 is 15.9 Å². The van der Waals surface area contributed by atoms with E-state index in [4.69, 9.17) is 9.47 Å². The van der Waals surface area contributed by atoms with E-state index in [-0.39, 0.29) is 10.7 Å². The summed E-state index contributed by atoms with van der Waals surface area (Å²) in [6, 6.07) is 32.2. The molecule has 0 saturated carbocycles. The molecule has 0 aliphatic rings. The number of benzene rings is 4. The number of halogens is 1. The van der Waals surface area contributed by atoms with Gasteiger partial charge in [0.1, 0.15) is 11.5 Å². The maximum absolute atomic E-state index is 5.65. The number of hydrogen-bond acceptors (Lipinski definition) is 2. The van der Waals surface area contributed by atoms with Crippen molar-refractivity contribution < 1.29 is 9.47 Å². The van der Waals surface area contributed by atoms with E-state index in [1.165, 1.54) is 38.9 Å². The van der Waals surface area contributed by atoms with E-state index in [1.807, 2.05) is 13.8 Å². The normalized spacial score (nSPS) is 12.7. The van der Waals surface area contributed by atoms with Crippen molar-refractivity contribution in [1.29, 1.82) is 0 Å². The molecule has 0 aliphatic heterocycles. The quantitative estimate of drug-likeness (QED) is 0.201. The topological polar surface area (TPSA) is 18.5 Å². The summed E-state index contributed by atoms with van der Waals surface area (Å²) in [5, 5.41) is 0. The van der Waals surface area contributed by atoms with Gasteiger partial charge in [-0.05, 0) is 84.0 Å². The Morgan fingerprint density at radius 3 is 1.63 bits per heavy atom. The lowest BCUT2D eigenvalue weighted by atomic mass is 9.82. The molecule has 0 saturated heterocycles. The first-order chi connectivity index (χ1) is 17.0. The fourth-order valence-electron chi connectivity index (χ4n) is 4.76. The molecule has 180 valence electrons. The standard InChI is InChI=1S/C32H33BrO2/c1-5-34-26-18-14-24(15-19-26)30-11-8-7-10-28(30)22(3)29-12-9-13-31(32(29)23(4)33)25-16-20-27(21-17-25)35-6-2/h7-23H,5-6H2,1-4H3. The van der Waals surface area contributed by atoms with Crippen LogP contribution in [-0.4, -0.2) is 13.2 Å². The first-order valence-corrected chi connectivity index (χ1v) is 13.3. The summed E-state index contributed by atoms with van der Waals surface area (Å²) in [4.78, 5) is 0.209. The van der Waals surface area contributed by atoms with Gasteiger partial charge in [0.25, 0.3) is 0 Å². The largest absolute Gasteiger partial charge is 0.494 e. The van der Waals surface area contributed by atoms with Gasteiger partial charge in [-0.1, -0.05) is 89.6 Å². The third-order valence-electron chi connectivity index (χ3n) is 6.38. The van der Waals surface area contributed by atoms with Crippen molar-refractivity contribution in [2.75, 3.05) is 13.2 Å². The summed E-state index contributed by atoms with van der Waals surface area (Å²) < 4.78 is 11.3. The lowest BCUT2D eigenvalue weighted by Gasteiger charge is -2.24. The molecule has 4 rings (SSSR count). The molecule has 0 radical (unpaired) electrons. The predicted octanol–water partition coefficient (Wildman–Crippen LogP) is 9.43. The monoisotopic (exact) mass is 528 g/mol. The molecule has 0 fully saturated rings. The molecule has 2 nitrogen and oxygen atoms in total. The van der Waals surface area contributed by atoms with Crippen LogP contribution >= 0.6 is 15.9 Å². The maximum atomic E-state index is 5.65. The molecule has 0 aromatic heterocycles. The summed E-state index contributed by atoms with van der Waals surface area (Å²) in [6.07, 6.45) is 0. The highest BCUT2D eigenvalue weighted by atomic mass is 79.9. The first-order valence-electron chi connectivity index (χ1n) is 12.4. The van der Waals surface area contributed by atoms with Crippen LogP contribution < -0.4 is 9.47 Å². The Kier molecular flexibility index (Phi) is 8.30. The summed E-state index contributed by atoms with van der Waals surface area (Å²) in [7, 11) is 0. The Bertz CT molecular complexity index is 1240. The molecule has 0 spiro atoms. The SMILES string of the molecule is CCOc1ccc(-c2ccccc2C(C)c2cccc(-c3ccc(OCC)cc3)c2C(C)Br)cc1. The fraction of sp³-hybridized carbons (Fsp3) is 0.250. The average molecular weight is 530 g/mol. The number of rotatable bonds is 9. The molecule has 0 bridgehead atoms. The van der Waals surface area contributed by atoms with Gasteiger partial charge in [-0.25, -0.2) is 0 Å². The molecule has 4 aromatic rings. The molecular formula is C32H33BrO2. The minimum Gasteiger partial charge on any atom is -0.494 e. The maximum Gasteiger partial charge on any atom is 0.119 e. The molecule has 3 heteroatoms. The Morgan fingerprint density at radius 1 is 0.600 bits per heavy atom. The summed E-state index contributed by atoms with van der Waals surface area (Å²) in [5.74, 6) is 2.02. The van der Waals surface area contributed by atoms with Gasteiger partial charge in [0.2, 0.25) is 0 Å². The van der Waals surface area contributed by atoms with Crippen LogP contribution in [-0.2, 0) is 0 Å². The lowest BCUT2D eigenvalue weighted by Crippen LogP contribution is -2.05. The van der Waals surface area contributed by atoms with E-state index >= 15 is 0 Å². The van der Waals surface area contributed by atoms with Crippen LogP contribution in [0.1, 0.15) is 55.1 Å². The van der Waals surface area contributed by atoms with Crippen molar-refractivity contribution in [3.05, 3.63) is 108 Å². The highest BCUT2D eigenvalue weighted by molar-refractivity contribution is 9.09. The minimum atomic E-state index is 0.209. The van der Waals surface area contributed by atoms with Crippen molar-refractivity contribution in [3.8, 4) is 33.8 Å². The zero-order valence-corrected chi connectivity index (χ0v) is 22.5. The second-order valence-electron chi connectivity index (χ2n) is 8.65. The van der Waals surface area contributed by atoms with Crippen molar-refractivity contribution in [3.63, 3.8) is 0 Å². The molecular weight excluding hydrogens is 496 g/mol. The van der Waals surface area contributed by atoms with Crippen LogP contribution in [0.2, 0.25) is 0 Å². The molecule has 2 atom stereocenters. The van der Waals surface area contributed by atoms with Crippen LogP contribution in [0.15, 0.2) is 91.0 Å². The van der Waals surface area contributed by atoms with E-state index in [0.29, 0.717) is 13.2 Å². The van der Waals surface area contributed by atoms with Crippen molar-refractivity contribution in [1.82, 2.24) is 0 Å². The second kappa shape index (κ2) is 11.6. The average Bonchev–Trinajstić information content (AvgIpc) is 2.89. The zero-order valence-electron chi connectivity index (χ0n) is 20.9. The Balaban J connectivity index is 1.76. The second-order valence-corrected chi connectivity index (χ2v) is 10.0. The van der Waals surface area contributed by atoms with Crippen LogP contribution in [0, 0.1) is 0 Å². The molecule has 0 heterocycles. The van der Waals surface area contributed by atoms with Crippen LogP contribution in [0.4, 0.5) is 0 Å². The summed E-state index contributed by atoms with van der Waals surface area (Å²) in [5.41, 5.74) is 8.87. The highest BCUT2D eigenvalue weighted by Gasteiger charge is 2.21. The Hall–Kier alpha value is -3.04. The number of alkyl halides is 1. The predicted molar refractivity (Wildman–Crippen MR) is 151 cm³/mol. The molecule has 0 aliphatic carbocycles. The zero-order chi connectivity index (χ0) is 24.8. The van der Waals surface area contributed by atoms with Gasteiger partial charge in [0, 0.05) is 10.7 Å². The van der Waals surface area contributed by atoms with Crippen molar-refractivity contribution in [2.24, 2.45) is 0 Å². The van der Waals surface area contributed by atoms with Gasteiger partial charge in [0.15, 0.2) is 0 Å². The smallest absolute Gasteiger partial charge is 0.119 e. The van der Waals surface area contributed by atoms with Gasteiger partial charge in [-0.3, -0.25) is 0 Å². The van der Waals surface area contributed by atoms with Gasteiger partial charge in [-0.2, -0.15) is 0 Å². The molecule has 0 amide bonds. The minimum absolute atomic E-state index is 0.209. The summed E-state index contributed by atoms with van der Waals surface area (Å²) >= 11 is 3.91.